The molecule has 2 bridgehead atoms. The number of carbonyl (C=O) groups is 5. The highest BCUT2D eigenvalue weighted by Crippen LogP contribution is 2.52. The summed E-state index contributed by atoms with van der Waals surface area (Å²) < 4.78 is 5.04. The number of likely N-dealkylation sites (tertiary alicyclic amines) is 2. The molecule has 31 heavy (non-hydrogen) atoms. The molecule has 0 aromatic heterocycles. The van der Waals surface area contributed by atoms with Crippen LogP contribution < -0.4 is 0 Å². The van der Waals surface area contributed by atoms with Crippen molar-refractivity contribution < 1.29 is 28.7 Å². The van der Waals surface area contributed by atoms with Crippen LogP contribution in [0.5, 0.6) is 0 Å². The lowest BCUT2D eigenvalue weighted by Crippen LogP contribution is -2.48. The Kier molecular flexibility index (Phi) is 5.85. The van der Waals surface area contributed by atoms with Gasteiger partial charge in [-0.25, -0.2) is 0 Å². The Hall–Kier alpha value is -2.71. The summed E-state index contributed by atoms with van der Waals surface area (Å²) in [5.41, 5.74) is 0. The molecular weight excluding hydrogens is 402 g/mol. The fraction of sp³-hybridized carbons (Fsp3) is 0.682. The first-order valence-electron chi connectivity index (χ1n) is 11.0. The molecule has 0 spiro atoms. The fourth-order valence-electron chi connectivity index (χ4n) is 5.39. The molecule has 2 saturated heterocycles. The van der Waals surface area contributed by atoms with Crippen molar-refractivity contribution in [1.29, 1.82) is 0 Å². The summed E-state index contributed by atoms with van der Waals surface area (Å²) in [5, 5.41) is 0. The van der Waals surface area contributed by atoms with Crippen molar-refractivity contribution in [3.63, 3.8) is 0 Å². The molecular formula is C22H29N3O6. The van der Waals surface area contributed by atoms with E-state index in [9.17, 15) is 24.0 Å². The molecule has 9 nitrogen and oxygen atoms in total. The predicted molar refractivity (Wildman–Crippen MR) is 108 cm³/mol. The maximum absolute atomic E-state index is 12.7. The molecule has 0 radical (unpaired) electrons. The van der Waals surface area contributed by atoms with E-state index in [4.69, 9.17) is 4.74 Å². The number of amides is 4. The molecule has 4 unspecified atom stereocenters. The van der Waals surface area contributed by atoms with Crippen molar-refractivity contribution in [3.05, 3.63) is 12.2 Å². The maximum atomic E-state index is 12.7. The van der Waals surface area contributed by atoms with Crippen LogP contribution in [0.25, 0.3) is 0 Å². The lowest BCUT2D eigenvalue weighted by Gasteiger charge is -2.32. The Morgan fingerprint density at radius 3 is 2.19 bits per heavy atom. The van der Waals surface area contributed by atoms with Crippen molar-refractivity contribution in [1.82, 2.24) is 14.7 Å². The summed E-state index contributed by atoms with van der Waals surface area (Å²) in [6.45, 7) is 2.53. The highest BCUT2D eigenvalue weighted by Gasteiger charge is 2.59. The summed E-state index contributed by atoms with van der Waals surface area (Å²) in [4.78, 5) is 66.5. The fourth-order valence-corrected chi connectivity index (χ4v) is 5.39. The Morgan fingerprint density at radius 2 is 1.65 bits per heavy atom. The van der Waals surface area contributed by atoms with Crippen LogP contribution in [-0.2, 0) is 28.7 Å². The molecule has 4 atom stereocenters. The number of hydrogen-bond acceptors (Lipinski definition) is 6. The monoisotopic (exact) mass is 431 g/mol. The second-order valence-corrected chi connectivity index (χ2v) is 8.92. The number of hydrogen-bond donors (Lipinski definition) is 0. The number of fused-ring (bicyclic) bond motifs is 5. The average Bonchev–Trinajstić information content (AvgIpc) is 3.44. The molecule has 1 saturated carbocycles. The van der Waals surface area contributed by atoms with E-state index in [0.29, 0.717) is 32.5 Å². The molecule has 168 valence electrons. The standard InChI is InChI=1S/C22H29N3O6/c1-3-31-22(30)13-6-8-24(9-7-13)17(27)11-23(2)16(26)12-25-20(28)18-14-4-5-15(10-14)19(18)21(25)29/h4-5,13-15,18-19H,3,6-12H2,1-2H3. The van der Waals surface area contributed by atoms with E-state index in [1.54, 1.807) is 11.8 Å². The zero-order valence-electron chi connectivity index (χ0n) is 18.0. The molecule has 4 rings (SSSR count). The van der Waals surface area contributed by atoms with Gasteiger partial charge in [-0.15, -0.1) is 0 Å². The van der Waals surface area contributed by atoms with Crippen LogP contribution in [0.2, 0.25) is 0 Å². The number of ether oxygens (including phenoxy) is 1. The number of rotatable bonds is 6. The van der Waals surface area contributed by atoms with Gasteiger partial charge in [0.1, 0.15) is 6.54 Å². The van der Waals surface area contributed by atoms with Gasteiger partial charge < -0.3 is 14.5 Å². The van der Waals surface area contributed by atoms with Crippen molar-refractivity contribution in [2.24, 2.45) is 29.6 Å². The van der Waals surface area contributed by atoms with E-state index in [2.05, 4.69) is 0 Å². The average molecular weight is 431 g/mol. The van der Waals surface area contributed by atoms with Gasteiger partial charge in [0.05, 0.1) is 30.9 Å². The molecule has 9 heteroatoms. The molecule has 0 aromatic carbocycles. The molecule has 0 N–H and O–H groups in total. The molecule has 0 aromatic rings. The number of carbonyl (C=O) groups excluding carboxylic acids is 5. The third kappa shape index (κ3) is 3.85. The first kappa shape index (κ1) is 21.5. The molecule has 2 aliphatic heterocycles. The minimum atomic E-state index is -0.434. The van der Waals surface area contributed by atoms with Crippen LogP contribution in [0, 0.1) is 29.6 Å². The van der Waals surface area contributed by atoms with Crippen LogP contribution in [0.1, 0.15) is 26.2 Å². The van der Waals surface area contributed by atoms with Gasteiger partial charge in [-0.1, -0.05) is 12.2 Å². The van der Waals surface area contributed by atoms with Gasteiger partial charge in [0, 0.05) is 20.1 Å². The smallest absolute Gasteiger partial charge is 0.309 e. The largest absolute Gasteiger partial charge is 0.466 e. The van der Waals surface area contributed by atoms with Crippen LogP contribution in [-0.4, -0.2) is 84.1 Å². The van der Waals surface area contributed by atoms with E-state index < -0.39 is 5.91 Å². The van der Waals surface area contributed by atoms with E-state index >= 15 is 0 Å². The Morgan fingerprint density at radius 1 is 1.06 bits per heavy atom. The van der Waals surface area contributed by atoms with Crippen LogP contribution in [0.15, 0.2) is 12.2 Å². The number of likely N-dealkylation sites (N-methyl/N-ethyl adjacent to an activating group) is 1. The van der Waals surface area contributed by atoms with Crippen LogP contribution in [0.4, 0.5) is 0 Å². The highest BCUT2D eigenvalue weighted by molar-refractivity contribution is 6.08. The lowest BCUT2D eigenvalue weighted by atomic mass is 9.85. The minimum absolute atomic E-state index is 0.100. The first-order valence-corrected chi connectivity index (χ1v) is 11.0. The number of allylic oxidation sites excluding steroid dienone is 2. The Labute approximate surface area is 181 Å². The zero-order chi connectivity index (χ0) is 22.3. The Balaban J connectivity index is 1.27. The summed E-state index contributed by atoms with van der Waals surface area (Å²) in [6, 6.07) is 0. The molecule has 4 aliphatic rings. The van der Waals surface area contributed by atoms with E-state index in [1.165, 1.54) is 11.9 Å². The van der Waals surface area contributed by atoms with Crippen molar-refractivity contribution in [2.45, 2.75) is 26.2 Å². The number of esters is 1. The van der Waals surface area contributed by atoms with E-state index in [-0.39, 0.29) is 66.4 Å². The first-order chi connectivity index (χ1) is 14.8. The van der Waals surface area contributed by atoms with Gasteiger partial charge in [0.2, 0.25) is 23.6 Å². The lowest BCUT2D eigenvalue weighted by molar-refractivity contribution is -0.152. The van der Waals surface area contributed by atoms with Gasteiger partial charge in [0.25, 0.3) is 0 Å². The summed E-state index contributed by atoms with van der Waals surface area (Å²) in [7, 11) is 1.50. The quantitative estimate of drug-likeness (QED) is 0.335. The third-order valence-corrected chi connectivity index (χ3v) is 7.12. The highest BCUT2D eigenvalue weighted by atomic mass is 16.5. The van der Waals surface area contributed by atoms with Gasteiger partial charge in [-0.2, -0.15) is 0 Å². The second-order valence-electron chi connectivity index (χ2n) is 8.92. The molecule has 4 amide bonds. The third-order valence-electron chi connectivity index (χ3n) is 7.12. The van der Waals surface area contributed by atoms with Crippen molar-refractivity contribution >= 4 is 29.6 Å². The second kappa shape index (κ2) is 8.43. The topological polar surface area (TPSA) is 104 Å². The minimum Gasteiger partial charge on any atom is -0.466 e. The number of piperidine rings is 1. The van der Waals surface area contributed by atoms with Crippen LogP contribution in [0.3, 0.4) is 0 Å². The summed E-state index contributed by atoms with van der Waals surface area (Å²) >= 11 is 0. The summed E-state index contributed by atoms with van der Waals surface area (Å²) in [5.74, 6) is -2.05. The number of nitrogens with zero attached hydrogens (tertiary/aromatic N) is 3. The molecule has 3 fully saturated rings. The maximum Gasteiger partial charge on any atom is 0.309 e. The normalized spacial score (nSPS) is 29.5. The summed E-state index contributed by atoms with van der Waals surface area (Å²) in [6.07, 6.45) is 5.95. The predicted octanol–water partition coefficient (Wildman–Crippen LogP) is 0.0536. The van der Waals surface area contributed by atoms with E-state index in [1.807, 2.05) is 12.2 Å². The van der Waals surface area contributed by atoms with Gasteiger partial charge in [0.15, 0.2) is 0 Å². The van der Waals surface area contributed by atoms with Crippen LogP contribution >= 0.6 is 0 Å². The molecule has 2 heterocycles. The SMILES string of the molecule is CCOC(=O)C1CCN(C(=O)CN(C)C(=O)CN2C(=O)C3C4C=CC(C4)C3C2=O)CC1. The number of imide groups is 1. The van der Waals surface area contributed by atoms with Gasteiger partial charge >= 0.3 is 5.97 Å². The Bertz CT molecular complexity index is 801. The molecule has 2 aliphatic carbocycles. The zero-order valence-corrected chi connectivity index (χ0v) is 18.0. The van der Waals surface area contributed by atoms with Gasteiger partial charge in [-0.3, -0.25) is 28.9 Å². The van der Waals surface area contributed by atoms with Crippen molar-refractivity contribution in [2.75, 3.05) is 39.8 Å². The van der Waals surface area contributed by atoms with Gasteiger partial charge in [-0.05, 0) is 38.0 Å². The van der Waals surface area contributed by atoms with Crippen molar-refractivity contribution in [3.8, 4) is 0 Å². The van der Waals surface area contributed by atoms with E-state index in [0.717, 1.165) is 11.3 Å².